The van der Waals surface area contributed by atoms with Crippen LogP contribution in [0, 0.1) is 26.2 Å². The van der Waals surface area contributed by atoms with Gasteiger partial charge in [-0.3, -0.25) is 5.41 Å². The number of benzene rings is 1. The molecule has 2 aromatic rings. The number of amidine groups is 1. The van der Waals surface area contributed by atoms with E-state index in [1.54, 1.807) is 11.3 Å². The Morgan fingerprint density at radius 2 is 1.95 bits per heavy atom. The predicted octanol–water partition coefficient (Wildman–Crippen LogP) is 2.93. The van der Waals surface area contributed by atoms with Crippen LogP contribution >= 0.6 is 11.3 Å². The highest BCUT2D eigenvalue weighted by Crippen LogP contribution is 2.25. The maximum atomic E-state index is 7.47. The summed E-state index contributed by atoms with van der Waals surface area (Å²) in [4.78, 5) is 4.37. The van der Waals surface area contributed by atoms with E-state index in [0.29, 0.717) is 6.61 Å². The summed E-state index contributed by atoms with van der Waals surface area (Å²) in [6.07, 6.45) is 0. The third-order valence-electron chi connectivity index (χ3n) is 2.80. The molecule has 0 saturated heterocycles. The molecule has 0 amide bonds. The van der Waals surface area contributed by atoms with Crippen molar-refractivity contribution in [1.29, 1.82) is 5.41 Å². The normalized spacial score (nSPS) is 10.5. The van der Waals surface area contributed by atoms with Gasteiger partial charge >= 0.3 is 0 Å². The average molecular weight is 275 g/mol. The van der Waals surface area contributed by atoms with Crippen molar-refractivity contribution in [2.75, 3.05) is 0 Å². The van der Waals surface area contributed by atoms with E-state index >= 15 is 0 Å². The monoisotopic (exact) mass is 275 g/mol. The Labute approximate surface area is 116 Å². The van der Waals surface area contributed by atoms with E-state index in [9.17, 15) is 0 Å². The zero-order valence-corrected chi connectivity index (χ0v) is 12.1. The van der Waals surface area contributed by atoms with Crippen LogP contribution in [0.2, 0.25) is 0 Å². The number of aromatic nitrogens is 1. The second kappa shape index (κ2) is 5.40. The molecule has 0 unspecified atom stereocenters. The molecule has 0 aliphatic rings. The van der Waals surface area contributed by atoms with E-state index in [1.807, 2.05) is 38.3 Å². The molecule has 100 valence electrons. The molecule has 5 heteroatoms. The maximum absolute atomic E-state index is 7.47. The lowest BCUT2D eigenvalue weighted by molar-refractivity contribution is 0.298. The van der Waals surface area contributed by atoms with Crippen molar-refractivity contribution in [2.45, 2.75) is 27.4 Å². The van der Waals surface area contributed by atoms with Gasteiger partial charge in [-0.05, 0) is 44.0 Å². The van der Waals surface area contributed by atoms with E-state index in [1.165, 1.54) is 0 Å². The SMILES string of the molecule is Cc1nc(COc2c(C)cc(C(=N)N)cc2C)cs1. The minimum absolute atomic E-state index is 0.0767. The molecule has 3 N–H and O–H groups in total. The van der Waals surface area contributed by atoms with E-state index in [-0.39, 0.29) is 5.84 Å². The van der Waals surface area contributed by atoms with Gasteiger partial charge in [0.05, 0.1) is 10.7 Å². The Bertz CT molecular complexity index is 596. The molecule has 1 aromatic heterocycles. The van der Waals surface area contributed by atoms with Crippen molar-refractivity contribution >= 4 is 17.2 Å². The van der Waals surface area contributed by atoms with Crippen LogP contribution in [0.5, 0.6) is 5.75 Å². The number of ether oxygens (including phenoxy) is 1. The van der Waals surface area contributed by atoms with Crippen LogP contribution in [-0.4, -0.2) is 10.8 Å². The highest BCUT2D eigenvalue weighted by molar-refractivity contribution is 7.09. The van der Waals surface area contributed by atoms with E-state index in [0.717, 1.165) is 33.1 Å². The van der Waals surface area contributed by atoms with Gasteiger partial charge in [0.25, 0.3) is 0 Å². The summed E-state index contributed by atoms with van der Waals surface area (Å²) >= 11 is 1.62. The molecular formula is C14H17N3OS. The fourth-order valence-corrected chi connectivity index (χ4v) is 2.55. The topological polar surface area (TPSA) is 72.0 Å². The molecular weight excluding hydrogens is 258 g/mol. The average Bonchev–Trinajstić information content (AvgIpc) is 2.73. The smallest absolute Gasteiger partial charge is 0.131 e. The second-order valence-corrected chi connectivity index (χ2v) is 5.56. The fraction of sp³-hybridized carbons (Fsp3) is 0.286. The van der Waals surface area contributed by atoms with Crippen molar-refractivity contribution in [3.05, 3.63) is 44.9 Å². The van der Waals surface area contributed by atoms with Crippen LogP contribution in [-0.2, 0) is 6.61 Å². The van der Waals surface area contributed by atoms with Crippen LogP contribution < -0.4 is 10.5 Å². The van der Waals surface area contributed by atoms with E-state index in [2.05, 4.69) is 4.98 Å². The third kappa shape index (κ3) is 3.12. The van der Waals surface area contributed by atoms with Gasteiger partial charge in [0.2, 0.25) is 0 Å². The van der Waals surface area contributed by atoms with Crippen molar-refractivity contribution in [1.82, 2.24) is 4.98 Å². The number of nitrogens with two attached hydrogens (primary N) is 1. The van der Waals surface area contributed by atoms with Crippen LogP contribution in [0.15, 0.2) is 17.5 Å². The zero-order chi connectivity index (χ0) is 14.0. The fourth-order valence-electron chi connectivity index (χ4n) is 1.95. The molecule has 0 fully saturated rings. The maximum Gasteiger partial charge on any atom is 0.131 e. The molecule has 1 aromatic carbocycles. The Morgan fingerprint density at radius 1 is 1.32 bits per heavy atom. The first kappa shape index (κ1) is 13.5. The lowest BCUT2D eigenvalue weighted by atomic mass is 10.1. The summed E-state index contributed by atoms with van der Waals surface area (Å²) in [5.41, 5.74) is 9.14. The Morgan fingerprint density at radius 3 is 2.42 bits per heavy atom. The van der Waals surface area contributed by atoms with Gasteiger partial charge in [-0.15, -0.1) is 11.3 Å². The van der Waals surface area contributed by atoms with Gasteiger partial charge in [0.1, 0.15) is 18.2 Å². The first-order valence-electron chi connectivity index (χ1n) is 5.97. The number of hydrogen-bond donors (Lipinski definition) is 2. The zero-order valence-electron chi connectivity index (χ0n) is 11.3. The second-order valence-electron chi connectivity index (χ2n) is 4.50. The summed E-state index contributed by atoms with van der Waals surface area (Å²) in [5, 5.41) is 10.5. The molecule has 0 aliphatic heterocycles. The summed E-state index contributed by atoms with van der Waals surface area (Å²) in [6, 6.07) is 3.74. The van der Waals surface area contributed by atoms with Crippen LogP contribution in [0.25, 0.3) is 0 Å². The third-order valence-corrected chi connectivity index (χ3v) is 3.62. The molecule has 0 saturated carbocycles. The Balaban J connectivity index is 2.18. The summed E-state index contributed by atoms with van der Waals surface area (Å²) in [5.74, 6) is 0.920. The number of nitrogens with one attached hydrogen (secondary N) is 1. The van der Waals surface area contributed by atoms with Gasteiger partial charge < -0.3 is 10.5 Å². The van der Waals surface area contributed by atoms with Crippen molar-refractivity contribution in [3.63, 3.8) is 0 Å². The largest absolute Gasteiger partial charge is 0.487 e. The van der Waals surface area contributed by atoms with Gasteiger partial charge in [-0.25, -0.2) is 4.98 Å². The molecule has 19 heavy (non-hydrogen) atoms. The number of hydrogen-bond acceptors (Lipinski definition) is 4. The molecule has 2 rings (SSSR count). The van der Waals surface area contributed by atoms with Crippen LogP contribution in [0.4, 0.5) is 0 Å². The highest BCUT2D eigenvalue weighted by atomic mass is 32.1. The van der Waals surface area contributed by atoms with Gasteiger partial charge in [0.15, 0.2) is 0 Å². The van der Waals surface area contributed by atoms with Crippen molar-refractivity contribution in [2.24, 2.45) is 5.73 Å². The minimum Gasteiger partial charge on any atom is -0.487 e. The lowest BCUT2D eigenvalue weighted by Crippen LogP contribution is -2.12. The Hall–Kier alpha value is -1.88. The highest BCUT2D eigenvalue weighted by Gasteiger charge is 2.09. The summed E-state index contributed by atoms with van der Waals surface area (Å²) in [6.45, 7) is 6.36. The van der Waals surface area contributed by atoms with E-state index < -0.39 is 0 Å². The summed E-state index contributed by atoms with van der Waals surface area (Å²) < 4.78 is 5.83. The van der Waals surface area contributed by atoms with Crippen LogP contribution in [0.3, 0.4) is 0 Å². The number of thiazole rings is 1. The van der Waals surface area contributed by atoms with E-state index in [4.69, 9.17) is 15.9 Å². The molecule has 0 aliphatic carbocycles. The molecule has 0 atom stereocenters. The number of rotatable bonds is 4. The van der Waals surface area contributed by atoms with Gasteiger partial charge in [-0.2, -0.15) is 0 Å². The quantitative estimate of drug-likeness (QED) is 0.665. The molecule has 4 nitrogen and oxygen atoms in total. The number of nitrogens with zero attached hydrogens (tertiary/aromatic N) is 1. The van der Waals surface area contributed by atoms with Crippen molar-refractivity contribution < 1.29 is 4.74 Å². The number of nitrogen functional groups attached to an aromatic ring is 1. The summed E-state index contributed by atoms with van der Waals surface area (Å²) in [7, 11) is 0. The first-order valence-corrected chi connectivity index (χ1v) is 6.85. The molecule has 1 heterocycles. The standard InChI is InChI=1S/C14H17N3OS/c1-8-4-11(14(15)16)5-9(2)13(8)18-6-12-7-19-10(3)17-12/h4-5,7H,6H2,1-3H3,(H3,15,16). The van der Waals surface area contributed by atoms with Gasteiger partial charge in [0, 0.05) is 10.9 Å². The lowest BCUT2D eigenvalue weighted by Gasteiger charge is -2.13. The Kier molecular flexibility index (Phi) is 3.85. The van der Waals surface area contributed by atoms with Crippen molar-refractivity contribution in [3.8, 4) is 5.75 Å². The molecule has 0 spiro atoms. The first-order chi connectivity index (χ1) is 8.97. The number of aryl methyl sites for hydroxylation is 3. The predicted molar refractivity (Wildman–Crippen MR) is 78.1 cm³/mol. The van der Waals surface area contributed by atoms with Crippen LogP contribution in [0.1, 0.15) is 27.4 Å². The molecule has 0 radical (unpaired) electrons. The molecule has 0 bridgehead atoms. The van der Waals surface area contributed by atoms with Gasteiger partial charge in [-0.1, -0.05) is 0 Å². The minimum atomic E-state index is 0.0767.